The molecule has 1 atom stereocenters. The molecule has 1 aliphatic heterocycles. The highest BCUT2D eigenvalue weighted by atomic mass is 79.9. The normalized spacial score (nSPS) is 24.1. The summed E-state index contributed by atoms with van der Waals surface area (Å²) in [6, 6.07) is 2.08. The lowest BCUT2D eigenvalue weighted by atomic mass is 10.3. The van der Waals surface area contributed by atoms with Gasteiger partial charge in [0, 0.05) is 6.54 Å². The standard InChI is InChI=1S/C7H8BrNOS/c1-9-3-4-2-5(8)11-6(4)7(9)10/h2,7,10H,3H2,1H3. The molecule has 1 aliphatic rings. The van der Waals surface area contributed by atoms with Crippen molar-refractivity contribution in [3.05, 3.63) is 20.3 Å². The number of thiophene rings is 1. The highest BCUT2D eigenvalue weighted by Crippen LogP contribution is 2.38. The van der Waals surface area contributed by atoms with Gasteiger partial charge in [0.25, 0.3) is 0 Å². The number of hydrogen-bond acceptors (Lipinski definition) is 3. The van der Waals surface area contributed by atoms with E-state index in [2.05, 4.69) is 22.0 Å². The van der Waals surface area contributed by atoms with Crippen LogP contribution in [0.2, 0.25) is 0 Å². The first-order valence-corrected chi connectivity index (χ1v) is 4.96. The Bertz CT molecular complexity index is 286. The van der Waals surface area contributed by atoms with Crippen molar-refractivity contribution < 1.29 is 5.11 Å². The van der Waals surface area contributed by atoms with Crippen molar-refractivity contribution in [1.29, 1.82) is 0 Å². The molecule has 1 unspecified atom stereocenters. The summed E-state index contributed by atoms with van der Waals surface area (Å²) in [5, 5.41) is 9.58. The van der Waals surface area contributed by atoms with E-state index in [4.69, 9.17) is 0 Å². The summed E-state index contributed by atoms with van der Waals surface area (Å²) < 4.78 is 1.11. The molecule has 2 rings (SSSR count). The van der Waals surface area contributed by atoms with E-state index in [1.807, 2.05) is 11.9 Å². The predicted molar refractivity (Wildman–Crippen MR) is 48.4 cm³/mol. The smallest absolute Gasteiger partial charge is 0.143 e. The maximum Gasteiger partial charge on any atom is 0.143 e. The first-order chi connectivity index (χ1) is 5.18. The summed E-state index contributed by atoms with van der Waals surface area (Å²) in [5.74, 6) is 0. The number of rotatable bonds is 0. The van der Waals surface area contributed by atoms with Gasteiger partial charge in [-0.3, -0.25) is 4.90 Å². The van der Waals surface area contributed by atoms with Crippen LogP contribution in [0.25, 0.3) is 0 Å². The zero-order valence-electron chi connectivity index (χ0n) is 6.04. The maximum absolute atomic E-state index is 9.58. The van der Waals surface area contributed by atoms with Crippen LogP contribution in [0, 0.1) is 0 Å². The van der Waals surface area contributed by atoms with Gasteiger partial charge in [-0.25, -0.2) is 0 Å². The molecular formula is C7H8BrNOS. The molecule has 4 heteroatoms. The Balaban J connectivity index is 2.44. The van der Waals surface area contributed by atoms with Gasteiger partial charge in [0.15, 0.2) is 0 Å². The Morgan fingerprint density at radius 1 is 1.82 bits per heavy atom. The minimum Gasteiger partial charge on any atom is -0.373 e. The Morgan fingerprint density at radius 2 is 2.55 bits per heavy atom. The second kappa shape index (κ2) is 2.55. The summed E-state index contributed by atoms with van der Waals surface area (Å²) in [6.45, 7) is 0.860. The topological polar surface area (TPSA) is 23.5 Å². The molecule has 2 heterocycles. The van der Waals surface area contributed by atoms with E-state index < -0.39 is 0 Å². The SMILES string of the molecule is CN1Cc2cc(Br)sc2C1O. The third kappa shape index (κ3) is 1.14. The molecule has 1 N–H and O–H groups in total. The van der Waals surface area contributed by atoms with E-state index in [9.17, 15) is 5.11 Å². The predicted octanol–water partition coefficient (Wildman–Crippen LogP) is 1.95. The lowest BCUT2D eigenvalue weighted by Crippen LogP contribution is -2.15. The van der Waals surface area contributed by atoms with Crippen molar-refractivity contribution in [2.75, 3.05) is 7.05 Å². The molecule has 1 aromatic heterocycles. The highest BCUT2D eigenvalue weighted by molar-refractivity contribution is 9.11. The lowest BCUT2D eigenvalue weighted by molar-refractivity contribution is 0.0359. The number of halogens is 1. The molecule has 0 saturated carbocycles. The number of fused-ring (bicyclic) bond motifs is 1. The zero-order chi connectivity index (χ0) is 8.01. The van der Waals surface area contributed by atoms with Crippen molar-refractivity contribution in [3.8, 4) is 0 Å². The van der Waals surface area contributed by atoms with Gasteiger partial charge in [-0.05, 0) is 34.6 Å². The summed E-state index contributed by atoms with van der Waals surface area (Å²) in [7, 11) is 1.92. The van der Waals surface area contributed by atoms with Gasteiger partial charge in [-0.15, -0.1) is 11.3 Å². The van der Waals surface area contributed by atoms with Gasteiger partial charge in [-0.1, -0.05) is 0 Å². The first-order valence-electron chi connectivity index (χ1n) is 3.35. The number of aliphatic hydroxyl groups excluding tert-OH is 1. The van der Waals surface area contributed by atoms with Gasteiger partial charge in [0.1, 0.15) is 6.23 Å². The summed E-state index contributed by atoms with van der Waals surface area (Å²) in [5.41, 5.74) is 1.25. The van der Waals surface area contributed by atoms with Crippen LogP contribution in [-0.2, 0) is 6.54 Å². The molecule has 2 nitrogen and oxygen atoms in total. The van der Waals surface area contributed by atoms with E-state index in [1.54, 1.807) is 11.3 Å². The summed E-state index contributed by atoms with van der Waals surface area (Å²) >= 11 is 5.01. The van der Waals surface area contributed by atoms with Crippen LogP contribution < -0.4 is 0 Å². The monoisotopic (exact) mass is 233 g/mol. The van der Waals surface area contributed by atoms with Gasteiger partial charge in [0.05, 0.1) is 8.66 Å². The van der Waals surface area contributed by atoms with Gasteiger partial charge < -0.3 is 5.11 Å². The molecule has 11 heavy (non-hydrogen) atoms. The van der Waals surface area contributed by atoms with E-state index in [0.717, 1.165) is 15.2 Å². The molecule has 1 aromatic rings. The second-order valence-corrected chi connectivity index (χ2v) is 5.19. The van der Waals surface area contributed by atoms with Crippen LogP contribution in [0.4, 0.5) is 0 Å². The maximum atomic E-state index is 9.58. The van der Waals surface area contributed by atoms with Crippen LogP contribution in [0.3, 0.4) is 0 Å². The van der Waals surface area contributed by atoms with Crippen LogP contribution >= 0.6 is 27.3 Å². The Kier molecular flexibility index (Phi) is 1.79. The Morgan fingerprint density at radius 3 is 3.18 bits per heavy atom. The van der Waals surface area contributed by atoms with Gasteiger partial charge >= 0.3 is 0 Å². The van der Waals surface area contributed by atoms with E-state index in [1.165, 1.54) is 5.56 Å². The summed E-state index contributed by atoms with van der Waals surface area (Å²) in [6.07, 6.45) is -0.388. The molecule has 0 aromatic carbocycles. The van der Waals surface area contributed by atoms with Crippen LogP contribution in [0.1, 0.15) is 16.7 Å². The number of aliphatic hydroxyl groups is 1. The van der Waals surface area contributed by atoms with Crippen molar-refractivity contribution in [2.45, 2.75) is 12.8 Å². The van der Waals surface area contributed by atoms with Gasteiger partial charge in [0.2, 0.25) is 0 Å². The molecule has 60 valence electrons. The third-order valence-corrected chi connectivity index (χ3v) is 3.60. The molecule has 0 aliphatic carbocycles. The molecule has 0 fully saturated rings. The number of hydrogen-bond donors (Lipinski definition) is 1. The first kappa shape index (κ1) is 7.73. The molecule has 0 saturated heterocycles. The third-order valence-electron chi connectivity index (χ3n) is 1.88. The van der Waals surface area contributed by atoms with Crippen molar-refractivity contribution in [1.82, 2.24) is 4.90 Å². The second-order valence-electron chi connectivity index (χ2n) is 2.73. The molecule has 0 amide bonds. The van der Waals surface area contributed by atoms with Gasteiger partial charge in [-0.2, -0.15) is 0 Å². The minimum atomic E-state index is -0.388. The highest BCUT2D eigenvalue weighted by Gasteiger charge is 2.27. The fraction of sp³-hybridized carbons (Fsp3) is 0.429. The fourth-order valence-electron chi connectivity index (χ4n) is 1.31. The Hall–Kier alpha value is 0.1000. The minimum absolute atomic E-state index is 0.388. The zero-order valence-corrected chi connectivity index (χ0v) is 8.44. The van der Waals surface area contributed by atoms with E-state index in [0.29, 0.717) is 0 Å². The van der Waals surface area contributed by atoms with E-state index in [-0.39, 0.29) is 6.23 Å². The average molecular weight is 234 g/mol. The fourth-order valence-corrected chi connectivity index (χ4v) is 3.06. The van der Waals surface area contributed by atoms with Crippen molar-refractivity contribution in [3.63, 3.8) is 0 Å². The van der Waals surface area contributed by atoms with Crippen LogP contribution in [-0.4, -0.2) is 17.1 Å². The van der Waals surface area contributed by atoms with Crippen LogP contribution in [0.5, 0.6) is 0 Å². The largest absolute Gasteiger partial charge is 0.373 e. The van der Waals surface area contributed by atoms with Crippen LogP contribution in [0.15, 0.2) is 9.85 Å². The lowest BCUT2D eigenvalue weighted by Gasteiger charge is -2.12. The molecule has 0 bridgehead atoms. The molecular weight excluding hydrogens is 226 g/mol. The van der Waals surface area contributed by atoms with E-state index >= 15 is 0 Å². The average Bonchev–Trinajstić information content (AvgIpc) is 2.37. The summed E-state index contributed by atoms with van der Waals surface area (Å²) in [4.78, 5) is 3.01. The quantitative estimate of drug-likeness (QED) is 0.741. The van der Waals surface area contributed by atoms with Crippen molar-refractivity contribution in [2.24, 2.45) is 0 Å². The molecule has 0 radical (unpaired) electrons. The number of nitrogens with zero attached hydrogens (tertiary/aromatic N) is 1. The van der Waals surface area contributed by atoms with Crippen molar-refractivity contribution >= 4 is 27.3 Å². The molecule has 0 spiro atoms. The Labute approximate surface area is 77.6 Å².